The Kier molecular flexibility index (Phi) is 2.66. The lowest BCUT2D eigenvalue weighted by molar-refractivity contribution is -0.257. The van der Waals surface area contributed by atoms with E-state index in [1.165, 1.54) is 30.3 Å². The van der Waals surface area contributed by atoms with Crippen LogP contribution in [-0.4, -0.2) is 11.9 Å². The molecule has 0 saturated carbocycles. The first kappa shape index (κ1) is 10.9. The fourth-order valence-corrected chi connectivity index (χ4v) is 1.47. The predicted molar refractivity (Wildman–Crippen MR) is 52.8 cm³/mol. The number of hydrogen-bond donors (Lipinski definition) is 0. The Bertz CT molecular complexity index is 582. The van der Waals surface area contributed by atoms with Crippen LogP contribution in [0.2, 0.25) is 0 Å². The molecule has 5 heteroatoms. The number of aromatic carboxylic acids is 2. The van der Waals surface area contributed by atoms with Crippen LogP contribution in [0, 0.1) is 0 Å². The van der Waals surface area contributed by atoms with Crippen molar-refractivity contribution in [1.82, 2.24) is 0 Å². The van der Waals surface area contributed by atoms with E-state index in [2.05, 4.69) is 0 Å². The molecule has 0 aliphatic rings. The lowest BCUT2D eigenvalue weighted by Crippen LogP contribution is -2.23. The maximum absolute atomic E-state index is 10.9. The van der Waals surface area contributed by atoms with E-state index in [9.17, 15) is 19.8 Å². The monoisotopic (exact) mass is 230 g/mol. The van der Waals surface area contributed by atoms with E-state index in [1.54, 1.807) is 6.07 Å². The molecule has 1 aromatic heterocycles. The predicted octanol–water partition coefficient (Wildman–Crippen LogP) is -0.326. The summed E-state index contributed by atoms with van der Waals surface area (Å²) in [5.74, 6) is -3.02. The van der Waals surface area contributed by atoms with Crippen molar-refractivity contribution in [3.8, 4) is 11.3 Å². The highest BCUT2D eigenvalue weighted by atomic mass is 16.4. The zero-order chi connectivity index (χ0) is 12.4. The molecule has 0 atom stereocenters. The number of furan rings is 1. The van der Waals surface area contributed by atoms with Crippen LogP contribution in [-0.2, 0) is 0 Å². The van der Waals surface area contributed by atoms with Gasteiger partial charge in [0.15, 0.2) is 0 Å². The van der Waals surface area contributed by atoms with Crippen molar-refractivity contribution in [2.24, 2.45) is 0 Å². The SMILES string of the molecule is O=C([O-])c1ccc(-c2ccccc2C(=O)[O-])o1. The minimum absolute atomic E-state index is 0.0632. The van der Waals surface area contributed by atoms with Crippen LogP contribution >= 0.6 is 0 Å². The summed E-state index contributed by atoms with van der Waals surface area (Å²) < 4.78 is 4.97. The van der Waals surface area contributed by atoms with Crippen LogP contribution in [0.1, 0.15) is 20.9 Å². The molecule has 0 bridgehead atoms. The topological polar surface area (TPSA) is 93.4 Å². The first-order chi connectivity index (χ1) is 8.09. The van der Waals surface area contributed by atoms with Gasteiger partial charge in [-0.25, -0.2) is 0 Å². The van der Waals surface area contributed by atoms with Gasteiger partial charge in [-0.1, -0.05) is 24.3 Å². The molecule has 0 spiro atoms. The number of benzene rings is 1. The number of carboxylic acids is 2. The van der Waals surface area contributed by atoms with Gasteiger partial charge < -0.3 is 24.2 Å². The average molecular weight is 230 g/mol. The Morgan fingerprint density at radius 3 is 2.24 bits per heavy atom. The molecule has 17 heavy (non-hydrogen) atoms. The number of carbonyl (C=O) groups excluding carboxylic acids is 2. The third-order valence-electron chi connectivity index (χ3n) is 2.22. The van der Waals surface area contributed by atoms with Gasteiger partial charge in [-0.15, -0.1) is 0 Å². The van der Waals surface area contributed by atoms with Crippen molar-refractivity contribution in [3.63, 3.8) is 0 Å². The minimum Gasteiger partial charge on any atom is -0.545 e. The fraction of sp³-hybridized carbons (Fsp3) is 0. The molecular formula is C12H6O5-2. The lowest BCUT2D eigenvalue weighted by Gasteiger charge is -2.07. The van der Waals surface area contributed by atoms with Crippen molar-refractivity contribution in [3.05, 3.63) is 47.7 Å². The molecule has 0 radical (unpaired) electrons. The molecule has 2 rings (SSSR count). The summed E-state index contributed by atoms with van der Waals surface area (Å²) in [6, 6.07) is 8.58. The van der Waals surface area contributed by atoms with Crippen molar-refractivity contribution in [2.45, 2.75) is 0 Å². The van der Waals surface area contributed by atoms with Crippen LogP contribution in [0.4, 0.5) is 0 Å². The van der Waals surface area contributed by atoms with Gasteiger partial charge in [-0.3, -0.25) is 0 Å². The van der Waals surface area contributed by atoms with Crippen molar-refractivity contribution in [2.75, 3.05) is 0 Å². The summed E-state index contributed by atoms with van der Waals surface area (Å²) in [6.45, 7) is 0. The third-order valence-corrected chi connectivity index (χ3v) is 2.22. The van der Waals surface area contributed by atoms with Crippen LogP contribution in [0.5, 0.6) is 0 Å². The molecule has 0 amide bonds. The zero-order valence-electron chi connectivity index (χ0n) is 8.51. The molecule has 0 N–H and O–H groups in total. The highest BCUT2D eigenvalue weighted by molar-refractivity contribution is 5.94. The maximum atomic E-state index is 10.9. The molecule has 2 aromatic rings. The molecule has 1 heterocycles. The van der Waals surface area contributed by atoms with Gasteiger partial charge in [0.2, 0.25) is 0 Å². The Morgan fingerprint density at radius 2 is 1.65 bits per heavy atom. The van der Waals surface area contributed by atoms with Crippen molar-refractivity contribution in [1.29, 1.82) is 0 Å². The Balaban J connectivity index is 2.52. The van der Waals surface area contributed by atoms with E-state index in [4.69, 9.17) is 4.42 Å². The average Bonchev–Trinajstić information content (AvgIpc) is 2.78. The van der Waals surface area contributed by atoms with Gasteiger partial charge in [0.05, 0.1) is 5.97 Å². The molecule has 86 valence electrons. The number of carbonyl (C=O) groups is 2. The molecular weight excluding hydrogens is 224 g/mol. The van der Waals surface area contributed by atoms with Gasteiger partial charge in [0.25, 0.3) is 0 Å². The highest BCUT2D eigenvalue weighted by Crippen LogP contribution is 2.25. The molecule has 0 saturated heterocycles. The summed E-state index contributed by atoms with van der Waals surface area (Å²) in [6.07, 6.45) is 0. The van der Waals surface area contributed by atoms with E-state index >= 15 is 0 Å². The number of carboxylic acid groups (broad SMARTS) is 2. The summed E-state index contributed by atoms with van der Waals surface area (Å²) in [7, 11) is 0. The van der Waals surface area contributed by atoms with Gasteiger partial charge in [-0.05, 0) is 12.1 Å². The summed E-state index contributed by atoms with van der Waals surface area (Å²) >= 11 is 0. The third kappa shape index (κ3) is 2.03. The second kappa shape index (κ2) is 4.13. The smallest absolute Gasteiger partial charge is 0.150 e. The van der Waals surface area contributed by atoms with E-state index in [1.807, 2.05) is 0 Å². The minimum atomic E-state index is -1.46. The largest absolute Gasteiger partial charge is 0.545 e. The Labute approximate surface area is 95.9 Å². The summed E-state index contributed by atoms with van der Waals surface area (Å²) in [5, 5.41) is 21.4. The Hall–Kier alpha value is -2.56. The number of rotatable bonds is 3. The number of hydrogen-bond acceptors (Lipinski definition) is 5. The lowest BCUT2D eigenvalue weighted by atomic mass is 10.1. The first-order valence-corrected chi connectivity index (χ1v) is 4.71. The van der Waals surface area contributed by atoms with Crippen molar-refractivity contribution >= 4 is 11.9 Å². The molecule has 0 unspecified atom stereocenters. The van der Waals surface area contributed by atoms with Gasteiger partial charge >= 0.3 is 0 Å². The standard InChI is InChI=1S/C12H8O5/c13-11(14)8-4-2-1-3-7(8)9-5-6-10(17-9)12(15)16/h1-6H,(H,13,14)(H,15,16)/p-2. The van der Waals surface area contributed by atoms with Gasteiger partial charge in [-0.2, -0.15) is 0 Å². The molecule has 5 nitrogen and oxygen atoms in total. The van der Waals surface area contributed by atoms with E-state index in [0.717, 1.165) is 0 Å². The quantitative estimate of drug-likeness (QED) is 0.719. The van der Waals surface area contributed by atoms with Gasteiger partial charge in [0, 0.05) is 11.1 Å². The Morgan fingerprint density at radius 1 is 0.941 bits per heavy atom. The first-order valence-electron chi connectivity index (χ1n) is 4.71. The van der Waals surface area contributed by atoms with Crippen LogP contribution in [0.25, 0.3) is 11.3 Å². The van der Waals surface area contributed by atoms with E-state index in [-0.39, 0.29) is 22.6 Å². The van der Waals surface area contributed by atoms with E-state index in [0.29, 0.717) is 0 Å². The summed E-state index contributed by atoms with van der Waals surface area (Å²) in [4.78, 5) is 21.4. The normalized spacial score (nSPS) is 10.1. The molecule has 0 fully saturated rings. The van der Waals surface area contributed by atoms with Gasteiger partial charge in [0.1, 0.15) is 17.5 Å². The summed E-state index contributed by atoms with van der Waals surface area (Å²) in [5.41, 5.74) is 0.201. The van der Waals surface area contributed by atoms with Crippen LogP contribution in [0.15, 0.2) is 40.8 Å². The zero-order valence-corrected chi connectivity index (χ0v) is 8.51. The fourth-order valence-electron chi connectivity index (χ4n) is 1.47. The highest BCUT2D eigenvalue weighted by Gasteiger charge is 2.10. The maximum Gasteiger partial charge on any atom is 0.150 e. The molecule has 0 aliphatic heterocycles. The molecule has 0 aliphatic carbocycles. The van der Waals surface area contributed by atoms with Crippen LogP contribution < -0.4 is 10.2 Å². The second-order valence-electron chi connectivity index (χ2n) is 3.28. The van der Waals surface area contributed by atoms with Crippen molar-refractivity contribution < 1.29 is 24.2 Å². The van der Waals surface area contributed by atoms with E-state index < -0.39 is 11.9 Å². The molecule has 1 aromatic carbocycles. The van der Waals surface area contributed by atoms with Crippen LogP contribution in [0.3, 0.4) is 0 Å². The second-order valence-corrected chi connectivity index (χ2v) is 3.28.